The average Bonchev–Trinajstić information content (AvgIpc) is 2.88. The lowest BCUT2D eigenvalue weighted by Crippen LogP contribution is -2.32. The molecule has 0 aliphatic carbocycles. The van der Waals surface area contributed by atoms with Crippen molar-refractivity contribution in [3.8, 4) is 22.8 Å². The minimum atomic E-state index is -0.983. The van der Waals surface area contributed by atoms with Crippen LogP contribution in [0.4, 0.5) is 5.82 Å². The first kappa shape index (κ1) is 22.7. The van der Waals surface area contributed by atoms with E-state index in [0.29, 0.717) is 23.8 Å². The summed E-state index contributed by atoms with van der Waals surface area (Å²) >= 11 is 0. The normalized spacial score (nSPS) is 11.4. The number of pyridine rings is 1. The van der Waals surface area contributed by atoms with Gasteiger partial charge in [-0.15, -0.1) is 0 Å². The average molecular weight is 457 g/mol. The van der Waals surface area contributed by atoms with Crippen LogP contribution in [0.2, 0.25) is 0 Å². The van der Waals surface area contributed by atoms with Crippen LogP contribution in [0.1, 0.15) is 11.3 Å². The number of hydrogen-bond acceptors (Lipinski definition) is 7. The SMILES string of the molecule is COc1cccc(COc2ccc(-c3cc(N[C@@H](Cc4ccccn4)C(=O)O)ncn3)cc2)c1. The number of methoxy groups -OCH3 is 1. The van der Waals surface area contributed by atoms with E-state index in [4.69, 9.17) is 9.47 Å². The number of nitrogens with zero attached hydrogens (tertiary/aromatic N) is 3. The maximum Gasteiger partial charge on any atom is 0.326 e. The smallest absolute Gasteiger partial charge is 0.326 e. The molecule has 4 rings (SSSR count). The number of carbonyl (C=O) groups is 1. The molecule has 0 bridgehead atoms. The summed E-state index contributed by atoms with van der Waals surface area (Å²) in [6.07, 6.45) is 3.28. The van der Waals surface area contributed by atoms with Gasteiger partial charge in [0.25, 0.3) is 0 Å². The predicted octanol–water partition coefficient (Wildman–Crippen LogP) is 4.23. The standard InChI is InChI=1S/C26H24N4O4/c1-33-22-7-4-5-18(13-22)16-34-21-10-8-19(9-11-21)23-15-25(29-17-28-23)30-24(26(31)32)14-20-6-2-3-12-27-20/h2-13,15,17,24H,14,16H2,1H3,(H,31,32)(H,28,29,30)/t24-/m0/s1. The Kier molecular flexibility index (Phi) is 7.29. The second kappa shape index (κ2) is 10.9. The van der Waals surface area contributed by atoms with Gasteiger partial charge in [0, 0.05) is 29.9 Å². The summed E-state index contributed by atoms with van der Waals surface area (Å²) in [7, 11) is 1.63. The number of hydrogen-bond donors (Lipinski definition) is 2. The Morgan fingerprint density at radius 1 is 0.971 bits per heavy atom. The Labute approximate surface area is 197 Å². The second-order valence-electron chi connectivity index (χ2n) is 7.51. The fourth-order valence-electron chi connectivity index (χ4n) is 3.35. The van der Waals surface area contributed by atoms with Gasteiger partial charge in [0.1, 0.15) is 36.3 Å². The summed E-state index contributed by atoms with van der Waals surface area (Å²) in [5, 5.41) is 12.6. The number of aromatic nitrogens is 3. The molecule has 2 aromatic heterocycles. The van der Waals surface area contributed by atoms with Crippen molar-refractivity contribution in [3.05, 3.63) is 96.6 Å². The van der Waals surface area contributed by atoms with Crippen molar-refractivity contribution in [1.82, 2.24) is 15.0 Å². The van der Waals surface area contributed by atoms with E-state index in [1.165, 1.54) is 6.33 Å². The van der Waals surface area contributed by atoms with E-state index >= 15 is 0 Å². The summed E-state index contributed by atoms with van der Waals surface area (Å²) in [4.78, 5) is 24.5. The molecule has 0 saturated heterocycles. The molecule has 1 atom stereocenters. The molecule has 172 valence electrons. The number of nitrogens with one attached hydrogen (secondary N) is 1. The number of benzene rings is 2. The number of rotatable bonds is 10. The van der Waals surface area contributed by atoms with Gasteiger partial charge >= 0.3 is 5.97 Å². The molecule has 8 heteroatoms. The summed E-state index contributed by atoms with van der Waals surface area (Å²) in [5.74, 6) is 0.949. The van der Waals surface area contributed by atoms with Crippen molar-refractivity contribution >= 4 is 11.8 Å². The van der Waals surface area contributed by atoms with Gasteiger partial charge in [-0.25, -0.2) is 14.8 Å². The van der Waals surface area contributed by atoms with Gasteiger partial charge in [-0.3, -0.25) is 4.98 Å². The number of anilines is 1. The van der Waals surface area contributed by atoms with Crippen LogP contribution in [0.25, 0.3) is 11.3 Å². The number of carboxylic acid groups (broad SMARTS) is 1. The Morgan fingerprint density at radius 3 is 2.56 bits per heavy atom. The first-order chi connectivity index (χ1) is 16.6. The Balaban J connectivity index is 1.41. The summed E-state index contributed by atoms with van der Waals surface area (Å²) in [6.45, 7) is 0.422. The molecule has 0 aliphatic heterocycles. The van der Waals surface area contributed by atoms with Gasteiger partial charge in [0.15, 0.2) is 0 Å². The van der Waals surface area contributed by atoms with Crippen molar-refractivity contribution < 1.29 is 19.4 Å². The highest BCUT2D eigenvalue weighted by atomic mass is 16.5. The minimum absolute atomic E-state index is 0.231. The van der Waals surface area contributed by atoms with Crippen molar-refractivity contribution in [2.24, 2.45) is 0 Å². The molecule has 0 fully saturated rings. The molecule has 8 nitrogen and oxygen atoms in total. The summed E-state index contributed by atoms with van der Waals surface area (Å²) < 4.78 is 11.1. The largest absolute Gasteiger partial charge is 0.497 e. The first-order valence-corrected chi connectivity index (χ1v) is 10.7. The van der Waals surface area contributed by atoms with E-state index in [2.05, 4.69) is 20.3 Å². The highest BCUT2D eigenvalue weighted by Crippen LogP contribution is 2.23. The number of carboxylic acids is 1. The van der Waals surface area contributed by atoms with Crippen LogP contribution >= 0.6 is 0 Å². The van der Waals surface area contributed by atoms with Crippen molar-refractivity contribution in [3.63, 3.8) is 0 Å². The fraction of sp³-hybridized carbons (Fsp3) is 0.154. The molecule has 2 heterocycles. The van der Waals surface area contributed by atoms with Crippen molar-refractivity contribution in [2.45, 2.75) is 19.1 Å². The van der Waals surface area contributed by atoms with Crippen LogP contribution in [0.15, 0.2) is 85.3 Å². The van der Waals surface area contributed by atoms with Crippen molar-refractivity contribution in [2.75, 3.05) is 12.4 Å². The van der Waals surface area contributed by atoms with Crippen LogP contribution in [-0.4, -0.2) is 39.2 Å². The zero-order chi connectivity index (χ0) is 23.8. The summed E-state index contributed by atoms with van der Waals surface area (Å²) in [6, 6.07) is 21.5. The van der Waals surface area contributed by atoms with Gasteiger partial charge in [0.05, 0.1) is 12.8 Å². The lowest BCUT2D eigenvalue weighted by atomic mass is 10.1. The first-order valence-electron chi connectivity index (χ1n) is 10.7. The van der Waals surface area contributed by atoms with Gasteiger partial charge in [-0.05, 0) is 54.1 Å². The highest BCUT2D eigenvalue weighted by molar-refractivity contribution is 5.77. The molecule has 0 spiro atoms. The third-order valence-corrected chi connectivity index (χ3v) is 5.12. The molecular weight excluding hydrogens is 432 g/mol. The lowest BCUT2D eigenvalue weighted by Gasteiger charge is -2.15. The third-order valence-electron chi connectivity index (χ3n) is 5.12. The lowest BCUT2D eigenvalue weighted by molar-refractivity contribution is -0.137. The summed E-state index contributed by atoms with van der Waals surface area (Å²) in [5.41, 5.74) is 3.21. The van der Waals surface area contributed by atoms with Gasteiger partial charge in [-0.2, -0.15) is 0 Å². The maximum atomic E-state index is 11.7. The topological polar surface area (TPSA) is 106 Å². The Morgan fingerprint density at radius 2 is 1.82 bits per heavy atom. The molecule has 4 aromatic rings. The van der Waals surface area contributed by atoms with E-state index in [9.17, 15) is 9.90 Å². The van der Waals surface area contributed by atoms with E-state index in [-0.39, 0.29) is 6.42 Å². The highest BCUT2D eigenvalue weighted by Gasteiger charge is 2.19. The van der Waals surface area contributed by atoms with E-state index in [1.54, 1.807) is 31.5 Å². The molecule has 2 aromatic carbocycles. The Bertz CT molecular complexity index is 1230. The molecule has 0 amide bonds. The van der Waals surface area contributed by atoms with Gasteiger partial charge in [-0.1, -0.05) is 18.2 Å². The fourth-order valence-corrected chi connectivity index (χ4v) is 3.35. The zero-order valence-corrected chi connectivity index (χ0v) is 18.6. The Hall–Kier alpha value is -4.46. The predicted molar refractivity (Wildman–Crippen MR) is 128 cm³/mol. The molecular formula is C26H24N4O4. The maximum absolute atomic E-state index is 11.7. The van der Waals surface area contributed by atoms with Gasteiger partial charge in [0.2, 0.25) is 0 Å². The molecule has 0 unspecified atom stereocenters. The zero-order valence-electron chi connectivity index (χ0n) is 18.6. The van der Waals surface area contributed by atoms with Crippen LogP contribution < -0.4 is 14.8 Å². The van der Waals surface area contributed by atoms with Crippen LogP contribution in [0.3, 0.4) is 0 Å². The quantitative estimate of drug-likeness (QED) is 0.365. The van der Waals surface area contributed by atoms with Crippen LogP contribution in [0.5, 0.6) is 11.5 Å². The van der Waals surface area contributed by atoms with Crippen LogP contribution in [0, 0.1) is 0 Å². The third kappa shape index (κ3) is 6.07. The van der Waals surface area contributed by atoms with E-state index in [0.717, 1.165) is 22.6 Å². The molecule has 34 heavy (non-hydrogen) atoms. The minimum Gasteiger partial charge on any atom is -0.497 e. The van der Waals surface area contributed by atoms with Crippen LogP contribution in [-0.2, 0) is 17.8 Å². The van der Waals surface area contributed by atoms with E-state index < -0.39 is 12.0 Å². The van der Waals surface area contributed by atoms with E-state index in [1.807, 2.05) is 54.6 Å². The van der Waals surface area contributed by atoms with Gasteiger partial charge < -0.3 is 19.9 Å². The molecule has 2 N–H and O–H groups in total. The molecule has 0 radical (unpaired) electrons. The number of aliphatic carboxylic acids is 1. The molecule has 0 saturated carbocycles. The number of ether oxygens (including phenoxy) is 2. The second-order valence-corrected chi connectivity index (χ2v) is 7.51. The van der Waals surface area contributed by atoms with Crippen molar-refractivity contribution in [1.29, 1.82) is 0 Å². The molecule has 0 aliphatic rings. The monoisotopic (exact) mass is 456 g/mol.